The Kier molecular flexibility index (Phi) is 8.15. The van der Waals surface area contributed by atoms with Gasteiger partial charge in [-0.2, -0.15) is 0 Å². The lowest BCUT2D eigenvalue weighted by Gasteiger charge is -2.33. The largest absolute Gasteiger partial charge is 0.457 e. The zero-order chi connectivity index (χ0) is 26.0. The summed E-state index contributed by atoms with van der Waals surface area (Å²) in [6.07, 6.45) is 6.63. The summed E-state index contributed by atoms with van der Waals surface area (Å²) in [7, 11) is 0. The number of anilines is 1. The summed E-state index contributed by atoms with van der Waals surface area (Å²) in [6, 6.07) is 9.14. The number of carbonyl (C=O) groups excluding carboxylic acids is 1. The van der Waals surface area contributed by atoms with Crippen molar-refractivity contribution in [1.82, 2.24) is 5.32 Å². The van der Waals surface area contributed by atoms with E-state index in [2.05, 4.69) is 31.4 Å². The summed E-state index contributed by atoms with van der Waals surface area (Å²) >= 11 is 19.5. The zero-order valence-corrected chi connectivity index (χ0v) is 23.6. The molecule has 0 fully saturated rings. The molecule has 190 valence electrons. The van der Waals surface area contributed by atoms with Gasteiger partial charge in [-0.1, -0.05) is 56.1 Å². The molecular formula is C27H29Cl2N3O2S2. The Bertz CT molecular complexity index is 1320. The Balaban J connectivity index is 1.37. The molecule has 0 spiro atoms. The van der Waals surface area contributed by atoms with Crippen LogP contribution in [0.3, 0.4) is 0 Å². The molecule has 1 atom stereocenters. The molecule has 0 saturated carbocycles. The Hall–Kier alpha value is -2.32. The fraction of sp³-hybridized carbons (Fsp3) is 0.333. The fourth-order valence-corrected chi connectivity index (χ4v) is 6.41. The van der Waals surface area contributed by atoms with Gasteiger partial charge in [-0.3, -0.25) is 4.79 Å². The van der Waals surface area contributed by atoms with Crippen molar-refractivity contribution >= 4 is 68.9 Å². The van der Waals surface area contributed by atoms with E-state index < -0.39 is 5.91 Å². The summed E-state index contributed by atoms with van der Waals surface area (Å²) in [5.74, 6) is 1.48. The Morgan fingerprint density at radius 1 is 1.28 bits per heavy atom. The van der Waals surface area contributed by atoms with Crippen molar-refractivity contribution in [2.24, 2.45) is 17.1 Å². The van der Waals surface area contributed by atoms with Crippen LogP contribution in [-0.2, 0) is 12.8 Å². The number of rotatable bonds is 6. The molecule has 1 unspecified atom stereocenters. The zero-order valence-electron chi connectivity index (χ0n) is 20.4. The number of carbonyl (C=O) groups is 1. The summed E-state index contributed by atoms with van der Waals surface area (Å²) in [6.45, 7) is 7.29. The van der Waals surface area contributed by atoms with Crippen molar-refractivity contribution in [1.29, 1.82) is 0 Å². The molecule has 2 aromatic heterocycles. The van der Waals surface area contributed by atoms with Crippen molar-refractivity contribution in [3.63, 3.8) is 0 Å². The number of amides is 1. The second-order valence-corrected chi connectivity index (χ2v) is 12.2. The first kappa shape index (κ1) is 26.7. The van der Waals surface area contributed by atoms with E-state index in [4.69, 9.17) is 45.6 Å². The number of nitrogens with two attached hydrogens (primary N) is 1. The number of thiophene rings is 1. The van der Waals surface area contributed by atoms with Crippen LogP contribution in [0.2, 0.25) is 10.0 Å². The average molecular weight is 563 g/mol. The molecule has 0 aliphatic heterocycles. The second kappa shape index (κ2) is 11.0. The Morgan fingerprint density at radius 3 is 2.78 bits per heavy atom. The highest BCUT2D eigenvalue weighted by Crippen LogP contribution is 2.44. The molecule has 9 heteroatoms. The summed E-state index contributed by atoms with van der Waals surface area (Å²) in [5, 5.41) is 8.42. The topological polar surface area (TPSA) is 80.3 Å². The molecule has 2 heterocycles. The minimum atomic E-state index is -0.416. The number of benzene rings is 1. The third kappa shape index (κ3) is 5.97. The highest BCUT2D eigenvalue weighted by molar-refractivity contribution is 7.80. The number of thiocarbonyl (C=S) groups is 1. The van der Waals surface area contributed by atoms with E-state index >= 15 is 0 Å². The molecule has 0 saturated heterocycles. The summed E-state index contributed by atoms with van der Waals surface area (Å²) in [5.41, 5.74) is 8.37. The van der Waals surface area contributed by atoms with E-state index in [0.29, 0.717) is 44.7 Å². The van der Waals surface area contributed by atoms with Crippen LogP contribution in [0.1, 0.15) is 53.8 Å². The van der Waals surface area contributed by atoms with Gasteiger partial charge in [0, 0.05) is 17.0 Å². The van der Waals surface area contributed by atoms with Crippen LogP contribution in [-0.4, -0.2) is 17.6 Å². The summed E-state index contributed by atoms with van der Waals surface area (Å²) in [4.78, 5) is 13.5. The summed E-state index contributed by atoms with van der Waals surface area (Å²) < 4.78 is 5.87. The molecule has 4 N–H and O–H groups in total. The van der Waals surface area contributed by atoms with Crippen LogP contribution in [0.15, 0.2) is 40.8 Å². The number of hydrogen-bond donors (Lipinski definition) is 3. The highest BCUT2D eigenvalue weighted by atomic mass is 35.5. The lowest BCUT2D eigenvalue weighted by Crippen LogP contribution is -2.29. The van der Waals surface area contributed by atoms with E-state index in [1.165, 1.54) is 4.88 Å². The molecule has 1 aliphatic carbocycles. The monoisotopic (exact) mass is 561 g/mol. The van der Waals surface area contributed by atoms with Crippen molar-refractivity contribution in [3.05, 3.63) is 68.2 Å². The normalized spacial score (nSPS) is 15.6. The van der Waals surface area contributed by atoms with Gasteiger partial charge in [0.05, 0.1) is 15.6 Å². The van der Waals surface area contributed by atoms with Crippen LogP contribution in [0, 0.1) is 11.3 Å². The number of furan rings is 1. The highest BCUT2D eigenvalue weighted by Gasteiger charge is 2.33. The lowest BCUT2D eigenvalue weighted by atomic mass is 9.72. The molecule has 1 aliphatic rings. The number of hydrogen-bond acceptors (Lipinski definition) is 4. The van der Waals surface area contributed by atoms with Crippen molar-refractivity contribution in [2.45, 2.75) is 40.0 Å². The molecule has 3 aromatic rings. The minimum absolute atomic E-state index is 0.223. The van der Waals surface area contributed by atoms with Crippen LogP contribution < -0.4 is 16.4 Å². The average Bonchev–Trinajstić information content (AvgIpc) is 3.41. The smallest absolute Gasteiger partial charge is 0.251 e. The molecule has 0 bridgehead atoms. The third-order valence-electron chi connectivity index (χ3n) is 6.47. The van der Waals surface area contributed by atoms with Gasteiger partial charge in [0.2, 0.25) is 0 Å². The van der Waals surface area contributed by atoms with Gasteiger partial charge in [-0.05, 0) is 78.7 Å². The predicted octanol–water partition coefficient (Wildman–Crippen LogP) is 7.56. The van der Waals surface area contributed by atoms with E-state index in [0.717, 1.165) is 35.4 Å². The van der Waals surface area contributed by atoms with Crippen LogP contribution in [0.25, 0.3) is 17.4 Å². The maximum atomic E-state index is 12.3. The van der Waals surface area contributed by atoms with Gasteiger partial charge in [0.15, 0.2) is 5.11 Å². The van der Waals surface area contributed by atoms with Gasteiger partial charge in [-0.15, -0.1) is 11.3 Å². The number of primary amides is 1. The number of fused-ring (bicyclic) bond motifs is 1. The Labute approximate surface area is 231 Å². The van der Waals surface area contributed by atoms with Crippen LogP contribution in [0.4, 0.5) is 5.00 Å². The second-order valence-electron chi connectivity index (χ2n) is 9.92. The van der Waals surface area contributed by atoms with Crippen molar-refractivity contribution < 1.29 is 9.21 Å². The number of halogens is 2. The first-order valence-corrected chi connectivity index (χ1v) is 13.7. The lowest BCUT2D eigenvalue weighted by molar-refractivity contribution is 0.1000. The van der Waals surface area contributed by atoms with E-state index in [-0.39, 0.29) is 5.41 Å². The Morgan fingerprint density at radius 2 is 2.06 bits per heavy atom. The van der Waals surface area contributed by atoms with E-state index in [9.17, 15) is 4.79 Å². The third-order valence-corrected chi connectivity index (χ3v) is 8.70. The van der Waals surface area contributed by atoms with Crippen LogP contribution >= 0.6 is 46.8 Å². The maximum Gasteiger partial charge on any atom is 0.251 e. The standard InChI is InChI=1S/C27H29Cl2N3O2S2/c1-27(2,3)15-9-11-18-21(14-15)36-25(22(18)24(30)33)32-26(35)31-13-5-6-16-10-12-20(34-16)17-7-4-8-19(28)23(17)29/h4-8,10,12,15H,9,11,13-14H2,1-3H3,(H2,30,33)(H2,31,32,35). The fourth-order valence-electron chi connectivity index (χ4n) is 4.43. The first-order valence-electron chi connectivity index (χ1n) is 11.7. The molecule has 1 amide bonds. The van der Waals surface area contributed by atoms with Gasteiger partial charge in [0.25, 0.3) is 5.91 Å². The van der Waals surface area contributed by atoms with Gasteiger partial charge < -0.3 is 20.8 Å². The molecule has 1 aromatic carbocycles. The van der Waals surface area contributed by atoms with Crippen molar-refractivity contribution in [2.75, 3.05) is 11.9 Å². The minimum Gasteiger partial charge on any atom is -0.457 e. The maximum absolute atomic E-state index is 12.3. The van der Waals surface area contributed by atoms with Crippen molar-refractivity contribution in [3.8, 4) is 11.3 Å². The number of nitrogens with one attached hydrogen (secondary N) is 2. The predicted molar refractivity (Wildman–Crippen MR) is 155 cm³/mol. The molecular weight excluding hydrogens is 533 g/mol. The molecule has 0 radical (unpaired) electrons. The molecule has 5 nitrogen and oxygen atoms in total. The van der Waals surface area contributed by atoms with E-state index in [1.54, 1.807) is 17.4 Å². The van der Waals surface area contributed by atoms with E-state index in [1.807, 2.05) is 36.4 Å². The molecule has 4 rings (SSSR count). The SMILES string of the molecule is CC(C)(C)C1CCc2c(sc(NC(=S)NCC=Cc3ccc(-c4cccc(Cl)c4Cl)o3)c2C(N)=O)C1. The van der Waals surface area contributed by atoms with Gasteiger partial charge in [-0.25, -0.2) is 0 Å². The first-order chi connectivity index (χ1) is 17.0. The quantitative estimate of drug-likeness (QED) is 0.270. The molecule has 36 heavy (non-hydrogen) atoms. The van der Waals surface area contributed by atoms with Gasteiger partial charge in [0.1, 0.15) is 16.5 Å². The van der Waals surface area contributed by atoms with Gasteiger partial charge >= 0.3 is 0 Å². The van der Waals surface area contributed by atoms with Crippen LogP contribution in [0.5, 0.6) is 0 Å².